The van der Waals surface area contributed by atoms with E-state index < -0.39 is 11.9 Å². The fourth-order valence-corrected chi connectivity index (χ4v) is 2.61. The Labute approximate surface area is 144 Å². The van der Waals surface area contributed by atoms with Gasteiger partial charge < -0.3 is 20.1 Å². The first-order valence-electron chi connectivity index (χ1n) is 7.81. The van der Waals surface area contributed by atoms with Crippen LogP contribution in [0.3, 0.4) is 0 Å². The highest BCUT2D eigenvalue weighted by Crippen LogP contribution is 2.25. The van der Waals surface area contributed by atoms with Crippen molar-refractivity contribution in [1.29, 1.82) is 0 Å². The van der Waals surface area contributed by atoms with Crippen LogP contribution >= 0.6 is 0 Å². The van der Waals surface area contributed by atoms with E-state index in [0.29, 0.717) is 16.9 Å². The normalized spacial score (nSPS) is 10.4. The second kappa shape index (κ2) is 8.14. The van der Waals surface area contributed by atoms with Gasteiger partial charge in [0.2, 0.25) is 5.91 Å². The van der Waals surface area contributed by atoms with Gasteiger partial charge in [0.25, 0.3) is 0 Å². The minimum Gasteiger partial charge on any atom is -0.481 e. The van der Waals surface area contributed by atoms with Crippen LogP contribution in [0, 0.1) is 0 Å². The van der Waals surface area contributed by atoms with E-state index in [-0.39, 0.29) is 31.6 Å². The third-order valence-electron chi connectivity index (χ3n) is 3.90. The van der Waals surface area contributed by atoms with Crippen molar-refractivity contribution in [3.63, 3.8) is 0 Å². The molecule has 1 heterocycles. The van der Waals surface area contributed by atoms with E-state index in [1.54, 1.807) is 13.2 Å². The van der Waals surface area contributed by atoms with E-state index in [1.165, 1.54) is 4.90 Å². The molecule has 132 valence electrons. The molecule has 0 spiro atoms. The number of rotatable bonds is 8. The molecule has 0 bridgehead atoms. The van der Waals surface area contributed by atoms with Gasteiger partial charge in [-0.25, -0.2) is 0 Å². The van der Waals surface area contributed by atoms with E-state index in [4.69, 9.17) is 10.2 Å². The minimum absolute atomic E-state index is 0.106. The SMILES string of the molecule is CN(C(=O)Cc1ccccc1)c1[nH]cc(CCC(=O)O)c1CC(=O)O. The van der Waals surface area contributed by atoms with Crippen molar-refractivity contribution in [1.82, 2.24) is 4.98 Å². The average molecular weight is 344 g/mol. The van der Waals surface area contributed by atoms with Crippen LogP contribution in [0.15, 0.2) is 36.5 Å². The predicted octanol–water partition coefficient (Wildman–Crippen LogP) is 1.86. The van der Waals surface area contributed by atoms with Crippen LogP contribution in [0.25, 0.3) is 0 Å². The summed E-state index contributed by atoms with van der Waals surface area (Å²) >= 11 is 0. The molecule has 25 heavy (non-hydrogen) atoms. The van der Waals surface area contributed by atoms with Crippen molar-refractivity contribution in [2.24, 2.45) is 0 Å². The molecule has 2 rings (SSSR count). The van der Waals surface area contributed by atoms with Crippen molar-refractivity contribution < 1.29 is 24.6 Å². The smallest absolute Gasteiger partial charge is 0.307 e. The Hall–Kier alpha value is -3.09. The van der Waals surface area contributed by atoms with Crippen molar-refractivity contribution in [2.45, 2.75) is 25.7 Å². The Balaban J connectivity index is 2.22. The molecule has 7 heteroatoms. The Morgan fingerprint density at radius 3 is 2.32 bits per heavy atom. The summed E-state index contributed by atoms with van der Waals surface area (Å²) in [4.78, 5) is 38.7. The lowest BCUT2D eigenvalue weighted by Gasteiger charge is -2.18. The molecule has 1 amide bonds. The first-order chi connectivity index (χ1) is 11.9. The van der Waals surface area contributed by atoms with Gasteiger partial charge in [-0.2, -0.15) is 0 Å². The van der Waals surface area contributed by atoms with Gasteiger partial charge in [-0.1, -0.05) is 30.3 Å². The van der Waals surface area contributed by atoms with Crippen LogP contribution in [0.4, 0.5) is 5.82 Å². The van der Waals surface area contributed by atoms with Gasteiger partial charge in [-0.15, -0.1) is 0 Å². The van der Waals surface area contributed by atoms with E-state index >= 15 is 0 Å². The topological polar surface area (TPSA) is 111 Å². The fraction of sp³-hybridized carbons (Fsp3) is 0.278. The lowest BCUT2D eigenvalue weighted by Crippen LogP contribution is -2.29. The maximum atomic E-state index is 12.5. The molecule has 0 saturated heterocycles. The van der Waals surface area contributed by atoms with Crippen LogP contribution in [0.1, 0.15) is 23.1 Å². The van der Waals surface area contributed by atoms with Crippen molar-refractivity contribution in [2.75, 3.05) is 11.9 Å². The molecule has 0 aliphatic heterocycles. The molecule has 3 N–H and O–H groups in total. The minimum atomic E-state index is -1.04. The molecular weight excluding hydrogens is 324 g/mol. The highest BCUT2D eigenvalue weighted by molar-refractivity contribution is 5.95. The van der Waals surface area contributed by atoms with Gasteiger partial charge in [-0.3, -0.25) is 14.4 Å². The number of nitrogens with zero attached hydrogens (tertiary/aromatic N) is 1. The summed E-state index contributed by atoms with van der Waals surface area (Å²) in [5, 5.41) is 18.0. The number of hydrogen-bond acceptors (Lipinski definition) is 3. The van der Waals surface area contributed by atoms with Gasteiger partial charge >= 0.3 is 11.9 Å². The van der Waals surface area contributed by atoms with Crippen LogP contribution in [-0.2, 0) is 33.6 Å². The second-order valence-electron chi connectivity index (χ2n) is 5.72. The second-order valence-corrected chi connectivity index (χ2v) is 5.72. The maximum Gasteiger partial charge on any atom is 0.307 e. The fourth-order valence-electron chi connectivity index (χ4n) is 2.61. The average Bonchev–Trinajstić information content (AvgIpc) is 2.95. The first-order valence-corrected chi connectivity index (χ1v) is 7.81. The molecular formula is C18H20N2O5. The molecule has 0 radical (unpaired) electrons. The summed E-state index contributed by atoms with van der Waals surface area (Å²) < 4.78 is 0. The van der Waals surface area contributed by atoms with Crippen LogP contribution in [-0.4, -0.2) is 40.1 Å². The number of likely N-dealkylation sites (N-methyl/N-ethyl adjacent to an activating group) is 1. The molecule has 0 aliphatic rings. The van der Waals surface area contributed by atoms with Crippen molar-refractivity contribution in [3.8, 4) is 0 Å². The summed E-state index contributed by atoms with van der Waals surface area (Å²) in [6.07, 6.45) is 1.58. The number of carbonyl (C=O) groups is 3. The van der Waals surface area contributed by atoms with E-state index in [9.17, 15) is 14.4 Å². The number of aromatic nitrogens is 1. The first kappa shape index (κ1) is 18.3. The number of aryl methyl sites for hydroxylation is 1. The number of anilines is 1. The van der Waals surface area contributed by atoms with Gasteiger partial charge in [0.05, 0.1) is 12.8 Å². The monoisotopic (exact) mass is 344 g/mol. The van der Waals surface area contributed by atoms with Crippen molar-refractivity contribution >= 4 is 23.7 Å². The number of H-pyrrole nitrogens is 1. The standard InChI is InChI=1S/C18H20N2O5/c1-20(15(21)9-12-5-3-2-4-6-12)18-14(10-17(24)25)13(11-19-18)7-8-16(22)23/h2-6,11,19H,7-10H2,1H3,(H,22,23)(H,24,25). The third-order valence-corrected chi connectivity index (χ3v) is 3.90. The molecule has 7 nitrogen and oxygen atoms in total. The number of carboxylic acid groups (broad SMARTS) is 2. The zero-order valence-corrected chi connectivity index (χ0v) is 13.9. The highest BCUT2D eigenvalue weighted by Gasteiger charge is 2.21. The Bertz CT molecular complexity index is 767. The third kappa shape index (κ3) is 4.94. The summed E-state index contributed by atoms with van der Waals surface area (Å²) in [5.41, 5.74) is 1.90. The number of benzene rings is 1. The number of carboxylic acids is 2. The predicted molar refractivity (Wildman–Crippen MR) is 91.6 cm³/mol. The van der Waals surface area contributed by atoms with Gasteiger partial charge in [-0.05, 0) is 17.5 Å². The molecule has 0 aliphatic carbocycles. The quantitative estimate of drug-likeness (QED) is 0.677. The molecule has 1 aromatic heterocycles. The van der Waals surface area contributed by atoms with Crippen LogP contribution in [0.5, 0.6) is 0 Å². The highest BCUT2D eigenvalue weighted by atomic mass is 16.4. The number of amides is 1. The number of aliphatic carboxylic acids is 2. The molecule has 0 saturated carbocycles. The Kier molecular flexibility index (Phi) is 5.94. The largest absolute Gasteiger partial charge is 0.481 e. The zero-order chi connectivity index (χ0) is 18.4. The molecule has 0 atom stereocenters. The summed E-state index contributed by atoms with van der Waals surface area (Å²) in [5.74, 6) is -1.80. The lowest BCUT2D eigenvalue weighted by molar-refractivity contribution is -0.137. The molecule has 2 aromatic rings. The number of nitrogens with one attached hydrogen (secondary N) is 1. The number of aromatic amines is 1. The van der Waals surface area contributed by atoms with Crippen LogP contribution < -0.4 is 4.90 Å². The lowest BCUT2D eigenvalue weighted by atomic mass is 10.0. The number of carbonyl (C=O) groups excluding carboxylic acids is 1. The van der Waals surface area contributed by atoms with Gasteiger partial charge in [0.15, 0.2) is 0 Å². The zero-order valence-electron chi connectivity index (χ0n) is 13.9. The molecule has 0 unspecified atom stereocenters. The number of hydrogen-bond donors (Lipinski definition) is 3. The Morgan fingerprint density at radius 1 is 1.04 bits per heavy atom. The van der Waals surface area contributed by atoms with Gasteiger partial charge in [0.1, 0.15) is 5.82 Å². The van der Waals surface area contributed by atoms with Crippen LogP contribution in [0.2, 0.25) is 0 Å². The van der Waals surface area contributed by atoms with E-state index in [2.05, 4.69) is 4.98 Å². The summed E-state index contributed by atoms with van der Waals surface area (Å²) in [6.45, 7) is 0. The molecule has 1 aromatic carbocycles. The van der Waals surface area contributed by atoms with Gasteiger partial charge in [0, 0.05) is 25.2 Å². The summed E-state index contributed by atoms with van der Waals surface area (Å²) in [7, 11) is 1.57. The molecule has 0 fully saturated rings. The van der Waals surface area contributed by atoms with Crippen molar-refractivity contribution in [3.05, 3.63) is 53.2 Å². The summed E-state index contributed by atoms with van der Waals surface area (Å²) in [6, 6.07) is 9.24. The van der Waals surface area contributed by atoms with E-state index in [0.717, 1.165) is 5.56 Å². The van der Waals surface area contributed by atoms with E-state index in [1.807, 2.05) is 30.3 Å². The maximum absolute atomic E-state index is 12.5. The Morgan fingerprint density at radius 2 is 1.72 bits per heavy atom.